The molecule has 2 rings (SSSR count). The van der Waals surface area contributed by atoms with Crippen LogP contribution in [0.25, 0.3) is 6.08 Å². The van der Waals surface area contributed by atoms with E-state index in [2.05, 4.69) is 0 Å². The molecule has 1 aromatic rings. The van der Waals surface area contributed by atoms with E-state index in [1.165, 1.54) is 18.2 Å². The normalized spacial score (nSPS) is 15.6. The smallest absolute Gasteiger partial charge is 0.326 e. The van der Waals surface area contributed by atoms with Crippen LogP contribution in [0, 0.1) is 0 Å². The maximum Gasteiger partial charge on any atom is 0.326 e. The van der Waals surface area contributed by atoms with E-state index < -0.39 is 29.6 Å². The number of nitrogens with two attached hydrogens (primary N) is 1. The third kappa shape index (κ3) is 5.73. The van der Waals surface area contributed by atoms with Gasteiger partial charge in [-0.1, -0.05) is 17.7 Å². The minimum Gasteiger partial charge on any atom is -0.482 e. The molecule has 2 N–H and O–H groups in total. The number of halogens is 1. The van der Waals surface area contributed by atoms with Crippen molar-refractivity contribution in [3.63, 3.8) is 0 Å². The quantitative estimate of drug-likeness (QED) is 0.539. The average molecular weight is 413 g/mol. The molecular formula is C17H17ClN2O6S. The lowest BCUT2D eigenvalue weighted by atomic mass is 10.2. The van der Waals surface area contributed by atoms with Crippen molar-refractivity contribution in [2.45, 2.75) is 20.0 Å². The van der Waals surface area contributed by atoms with Crippen molar-refractivity contribution >= 4 is 52.5 Å². The van der Waals surface area contributed by atoms with Crippen molar-refractivity contribution in [1.82, 2.24) is 4.90 Å². The standard InChI is InChI=1S/C17H17ClN2O6S/c1-9(2)26-15(22)7-20-16(23)13(27-17(20)24)6-10-3-4-12(11(18)5-10)25-8-14(19)21/h3-6,9H,7-8H2,1-2H3,(H2,19,21)/b13-6-. The molecule has 1 saturated heterocycles. The Hall–Kier alpha value is -2.52. The number of primary amides is 1. The second-order valence-electron chi connectivity index (χ2n) is 5.75. The minimum atomic E-state index is -0.660. The van der Waals surface area contributed by atoms with Crippen LogP contribution in [0.15, 0.2) is 23.1 Å². The van der Waals surface area contributed by atoms with E-state index in [0.717, 1.165) is 4.90 Å². The first-order chi connectivity index (χ1) is 12.7. The lowest BCUT2D eigenvalue weighted by molar-refractivity contribution is -0.149. The number of carbonyl (C=O) groups is 4. The van der Waals surface area contributed by atoms with Crippen molar-refractivity contribution < 1.29 is 28.7 Å². The molecule has 0 saturated carbocycles. The molecule has 0 unspecified atom stereocenters. The Kier molecular flexibility index (Phi) is 6.86. The Morgan fingerprint density at radius 3 is 2.63 bits per heavy atom. The average Bonchev–Trinajstić information content (AvgIpc) is 2.80. The molecule has 1 aliphatic rings. The monoisotopic (exact) mass is 412 g/mol. The van der Waals surface area contributed by atoms with Gasteiger partial charge in [-0.15, -0.1) is 0 Å². The first-order valence-electron chi connectivity index (χ1n) is 7.83. The van der Waals surface area contributed by atoms with Gasteiger partial charge in [-0.25, -0.2) is 0 Å². The predicted molar refractivity (Wildman–Crippen MR) is 100 cm³/mol. The Morgan fingerprint density at radius 1 is 1.33 bits per heavy atom. The molecule has 10 heteroatoms. The van der Waals surface area contributed by atoms with Crippen molar-refractivity contribution in [1.29, 1.82) is 0 Å². The highest BCUT2D eigenvalue weighted by atomic mass is 35.5. The molecule has 144 valence electrons. The van der Waals surface area contributed by atoms with E-state index in [0.29, 0.717) is 17.3 Å². The number of amides is 3. The molecule has 0 bridgehead atoms. The van der Waals surface area contributed by atoms with Gasteiger partial charge >= 0.3 is 5.97 Å². The van der Waals surface area contributed by atoms with E-state index >= 15 is 0 Å². The van der Waals surface area contributed by atoms with Gasteiger partial charge in [0.15, 0.2) is 6.61 Å². The predicted octanol–water partition coefficient (Wildman–Crippen LogP) is 2.19. The molecule has 0 aliphatic carbocycles. The first kappa shape index (κ1) is 20.8. The Labute approximate surface area is 164 Å². The van der Waals surface area contributed by atoms with Crippen LogP contribution in [-0.2, 0) is 19.1 Å². The fraction of sp³-hybridized carbons (Fsp3) is 0.294. The van der Waals surface area contributed by atoms with Crippen molar-refractivity contribution in [2.75, 3.05) is 13.2 Å². The van der Waals surface area contributed by atoms with Crippen molar-refractivity contribution in [3.8, 4) is 5.75 Å². The largest absolute Gasteiger partial charge is 0.482 e. The third-order valence-electron chi connectivity index (χ3n) is 3.15. The zero-order chi connectivity index (χ0) is 20.1. The molecule has 1 heterocycles. The van der Waals surface area contributed by atoms with Crippen LogP contribution in [0.5, 0.6) is 5.75 Å². The molecule has 1 aliphatic heterocycles. The fourth-order valence-electron chi connectivity index (χ4n) is 2.09. The van der Waals surface area contributed by atoms with Crippen molar-refractivity contribution in [2.24, 2.45) is 5.73 Å². The molecule has 0 radical (unpaired) electrons. The summed E-state index contributed by atoms with van der Waals surface area (Å²) < 4.78 is 10.1. The number of thioether (sulfide) groups is 1. The molecule has 0 spiro atoms. The van der Waals surface area contributed by atoms with Gasteiger partial charge in [0.05, 0.1) is 16.0 Å². The van der Waals surface area contributed by atoms with E-state index in [-0.39, 0.29) is 28.4 Å². The lowest BCUT2D eigenvalue weighted by Crippen LogP contribution is -2.35. The van der Waals surface area contributed by atoms with Gasteiger partial charge in [-0.2, -0.15) is 0 Å². The fourth-order valence-corrected chi connectivity index (χ4v) is 3.17. The van der Waals surface area contributed by atoms with Gasteiger partial charge in [0.25, 0.3) is 17.1 Å². The number of ether oxygens (including phenoxy) is 2. The Morgan fingerprint density at radius 2 is 2.04 bits per heavy atom. The van der Waals surface area contributed by atoms with Gasteiger partial charge in [-0.05, 0) is 49.4 Å². The van der Waals surface area contributed by atoms with Crippen LogP contribution in [0.2, 0.25) is 5.02 Å². The van der Waals surface area contributed by atoms with Crippen LogP contribution in [0.4, 0.5) is 4.79 Å². The summed E-state index contributed by atoms with van der Waals surface area (Å²) >= 11 is 6.79. The number of benzene rings is 1. The van der Waals surface area contributed by atoms with Crippen LogP contribution < -0.4 is 10.5 Å². The molecular weight excluding hydrogens is 396 g/mol. The highest BCUT2D eigenvalue weighted by Crippen LogP contribution is 2.33. The van der Waals surface area contributed by atoms with Gasteiger partial charge in [0, 0.05) is 0 Å². The molecule has 1 fully saturated rings. The highest BCUT2D eigenvalue weighted by Gasteiger charge is 2.36. The van der Waals surface area contributed by atoms with Gasteiger partial charge in [0.1, 0.15) is 12.3 Å². The van der Waals surface area contributed by atoms with Crippen LogP contribution in [0.1, 0.15) is 19.4 Å². The summed E-state index contributed by atoms with van der Waals surface area (Å²) in [7, 11) is 0. The summed E-state index contributed by atoms with van der Waals surface area (Å²) in [5.41, 5.74) is 5.55. The molecule has 8 nitrogen and oxygen atoms in total. The zero-order valence-corrected chi connectivity index (χ0v) is 16.1. The third-order valence-corrected chi connectivity index (χ3v) is 4.35. The van der Waals surface area contributed by atoms with E-state index in [9.17, 15) is 19.2 Å². The summed E-state index contributed by atoms with van der Waals surface area (Å²) in [6.45, 7) is 2.59. The van der Waals surface area contributed by atoms with E-state index in [1.54, 1.807) is 19.9 Å². The summed E-state index contributed by atoms with van der Waals surface area (Å²) in [5, 5.41) is -0.343. The Bertz CT molecular complexity index is 824. The van der Waals surface area contributed by atoms with E-state index in [1.807, 2.05) is 0 Å². The van der Waals surface area contributed by atoms with Crippen molar-refractivity contribution in [3.05, 3.63) is 33.7 Å². The van der Waals surface area contributed by atoms with Crippen LogP contribution in [0.3, 0.4) is 0 Å². The minimum absolute atomic E-state index is 0.152. The molecule has 3 amide bonds. The number of esters is 1. The SMILES string of the molecule is CC(C)OC(=O)CN1C(=O)S/C(=C\c2ccc(OCC(N)=O)c(Cl)c2)C1=O. The number of carbonyl (C=O) groups excluding carboxylic acids is 4. The first-order valence-corrected chi connectivity index (χ1v) is 9.02. The Balaban J connectivity index is 2.11. The number of hydrogen-bond acceptors (Lipinski definition) is 7. The van der Waals surface area contributed by atoms with Crippen LogP contribution >= 0.6 is 23.4 Å². The second kappa shape index (κ2) is 8.92. The number of nitrogens with zero attached hydrogens (tertiary/aromatic N) is 1. The number of hydrogen-bond donors (Lipinski definition) is 1. The zero-order valence-electron chi connectivity index (χ0n) is 14.6. The van der Waals surface area contributed by atoms with Gasteiger partial charge in [0.2, 0.25) is 0 Å². The number of rotatable bonds is 7. The number of imide groups is 1. The summed E-state index contributed by atoms with van der Waals surface area (Å²) in [6, 6.07) is 4.63. The lowest BCUT2D eigenvalue weighted by Gasteiger charge is -2.13. The van der Waals surface area contributed by atoms with Gasteiger partial charge < -0.3 is 15.2 Å². The molecule has 0 atom stereocenters. The topological polar surface area (TPSA) is 116 Å². The maximum absolute atomic E-state index is 12.4. The highest BCUT2D eigenvalue weighted by molar-refractivity contribution is 8.18. The van der Waals surface area contributed by atoms with Crippen LogP contribution in [-0.4, -0.2) is 47.2 Å². The summed E-state index contributed by atoms with van der Waals surface area (Å²) in [5.74, 6) is -1.62. The molecule has 0 aromatic heterocycles. The van der Waals surface area contributed by atoms with Gasteiger partial charge in [-0.3, -0.25) is 24.1 Å². The summed E-state index contributed by atoms with van der Waals surface area (Å²) in [6.07, 6.45) is 1.13. The van der Waals surface area contributed by atoms with E-state index in [4.69, 9.17) is 26.8 Å². The maximum atomic E-state index is 12.4. The summed E-state index contributed by atoms with van der Waals surface area (Å²) in [4.78, 5) is 47.8. The molecule has 1 aromatic carbocycles. The second-order valence-corrected chi connectivity index (χ2v) is 7.15. The molecule has 27 heavy (non-hydrogen) atoms.